The summed E-state index contributed by atoms with van der Waals surface area (Å²) >= 11 is 0. The quantitative estimate of drug-likeness (QED) is 0.642. The molecule has 0 aromatic heterocycles. The van der Waals surface area contributed by atoms with Gasteiger partial charge in [-0.25, -0.2) is 0 Å². The van der Waals surface area contributed by atoms with Crippen molar-refractivity contribution >= 4 is 0 Å². The molecule has 1 atom stereocenters. The lowest BCUT2D eigenvalue weighted by Crippen LogP contribution is -2.46. The zero-order chi connectivity index (χ0) is 8.32. The Morgan fingerprint density at radius 3 is 2.45 bits per heavy atom. The molecule has 3 N–H and O–H groups in total. The van der Waals surface area contributed by atoms with E-state index in [2.05, 4.69) is 19.2 Å². The zero-order valence-electron chi connectivity index (χ0n) is 7.69. The summed E-state index contributed by atoms with van der Waals surface area (Å²) in [6.45, 7) is 6.67. The number of nitrogens with one attached hydrogen (secondary N) is 1. The third kappa shape index (κ3) is 1.74. The van der Waals surface area contributed by atoms with Crippen LogP contribution >= 0.6 is 0 Å². The van der Waals surface area contributed by atoms with E-state index in [1.807, 2.05) is 0 Å². The van der Waals surface area contributed by atoms with Crippen molar-refractivity contribution in [3.05, 3.63) is 0 Å². The molecule has 11 heavy (non-hydrogen) atoms. The van der Waals surface area contributed by atoms with Crippen molar-refractivity contribution in [3.8, 4) is 0 Å². The molecule has 1 saturated heterocycles. The highest BCUT2D eigenvalue weighted by Gasteiger charge is 2.33. The highest BCUT2D eigenvalue weighted by Crippen LogP contribution is 2.26. The van der Waals surface area contributed by atoms with E-state index in [1.165, 1.54) is 6.42 Å². The van der Waals surface area contributed by atoms with Gasteiger partial charge in [-0.1, -0.05) is 13.8 Å². The maximum Gasteiger partial charge on any atom is 0.0190 e. The number of nitrogens with two attached hydrogens (primary N) is 1. The molecule has 0 aromatic rings. The summed E-state index contributed by atoms with van der Waals surface area (Å²) in [4.78, 5) is 0. The zero-order valence-corrected chi connectivity index (χ0v) is 7.69. The molecule has 0 amide bonds. The second-order valence-corrected chi connectivity index (χ2v) is 3.63. The van der Waals surface area contributed by atoms with Crippen molar-refractivity contribution in [2.24, 2.45) is 11.7 Å². The minimum Gasteiger partial charge on any atom is -0.325 e. The van der Waals surface area contributed by atoms with Gasteiger partial charge in [0.15, 0.2) is 0 Å². The fraction of sp³-hybridized carbons (Fsp3) is 1.00. The standard InChI is InChI=1S/C9H20N2/c1-3-9(10,4-2)8-5-6-11-7-8/h8,11H,3-7,10H2,1-2H3. The van der Waals surface area contributed by atoms with Crippen LogP contribution in [-0.4, -0.2) is 18.6 Å². The molecular formula is C9H20N2. The maximum absolute atomic E-state index is 6.26. The van der Waals surface area contributed by atoms with Crippen LogP contribution in [0, 0.1) is 5.92 Å². The van der Waals surface area contributed by atoms with Crippen LogP contribution in [0.3, 0.4) is 0 Å². The number of rotatable bonds is 3. The van der Waals surface area contributed by atoms with Gasteiger partial charge in [0.1, 0.15) is 0 Å². The lowest BCUT2D eigenvalue weighted by Gasteiger charge is -2.32. The molecule has 0 spiro atoms. The molecule has 2 nitrogen and oxygen atoms in total. The summed E-state index contributed by atoms with van der Waals surface area (Å²) in [6, 6.07) is 0. The SMILES string of the molecule is CCC(N)(CC)C1CCNC1. The van der Waals surface area contributed by atoms with Crippen LogP contribution in [0.5, 0.6) is 0 Å². The third-order valence-corrected chi connectivity index (χ3v) is 3.19. The molecule has 0 bridgehead atoms. The Bertz CT molecular complexity index is 113. The van der Waals surface area contributed by atoms with Crippen LogP contribution in [0.15, 0.2) is 0 Å². The first-order valence-electron chi connectivity index (χ1n) is 4.72. The number of hydrogen-bond acceptors (Lipinski definition) is 2. The Morgan fingerprint density at radius 1 is 1.45 bits per heavy atom. The van der Waals surface area contributed by atoms with Gasteiger partial charge in [-0.05, 0) is 38.3 Å². The van der Waals surface area contributed by atoms with Gasteiger partial charge in [0.05, 0.1) is 0 Å². The molecule has 1 heterocycles. The van der Waals surface area contributed by atoms with Crippen molar-refractivity contribution in [1.29, 1.82) is 0 Å². The second-order valence-electron chi connectivity index (χ2n) is 3.63. The van der Waals surface area contributed by atoms with E-state index < -0.39 is 0 Å². The van der Waals surface area contributed by atoms with Gasteiger partial charge >= 0.3 is 0 Å². The van der Waals surface area contributed by atoms with Crippen molar-refractivity contribution in [1.82, 2.24) is 5.32 Å². The van der Waals surface area contributed by atoms with E-state index in [1.54, 1.807) is 0 Å². The lowest BCUT2D eigenvalue weighted by atomic mass is 9.80. The lowest BCUT2D eigenvalue weighted by molar-refractivity contribution is 0.269. The normalized spacial score (nSPS) is 25.9. The summed E-state index contributed by atoms with van der Waals surface area (Å²) < 4.78 is 0. The first kappa shape index (κ1) is 9.01. The van der Waals surface area contributed by atoms with Gasteiger partial charge in [0.2, 0.25) is 0 Å². The first-order valence-corrected chi connectivity index (χ1v) is 4.72. The van der Waals surface area contributed by atoms with Crippen LogP contribution in [0.2, 0.25) is 0 Å². The Balaban J connectivity index is 2.52. The predicted octanol–water partition coefficient (Wildman–Crippen LogP) is 1.11. The van der Waals surface area contributed by atoms with Crippen LogP contribution < -0.4 is 11.1 Å². The number of hydrogen-bond donors (Lipinski definition) is 2. The van der Waals surface area contributed by atoms with Gasteiger partial charge in [-0.2, -0.15) is 0 Å². The molecule has 1 aliphatic rings. The van der Waals surface area contributed by atoms with Crippen LogP contribution in [0.4, 0.5) is 0 Å². The van der Waals surface area contributed by atoms with Gasteiger partial charge in [-0.15, -0.1) is 0 Å². The maximum atomic E-state index is 6.26. The summed E-state index contributed by atoms with van der Waals surface area (Å²) in [5.41, 5.74) is 6.36. The molecule has 1 unspecified atom stereocenters. The topological polar surface area (TPSA) is 38.0 Å². The second kappa shape index (κ2) is 3.55. The smallest absolute Gasteiger partial charge is 0.0190 e. The third-order valence-electron chi connectivity index (χ3n) is 3.19. The highest BCUT2D eigenvalue weighted by molar-refractivity contribution is 4.93. The first-order chi connectivity index (χ1) is 5.23. The van der Waals surface area contributed by atoms with E-state index in [9.17, 15) is 0 Å². The van der Waals surface area contributed by atoms with E-state index in [0.29, 0.717) is 5.92 Å². The Kier molecular flexibility index (Phi) is 2.90. The van der Waals surface area contributed by atoms with Gasteiger partial charge in [0, 0.05) is 5.54 Å². The Hall–Kier alpha value is -0.0800. The van der Waals surface area contributed by atoms with Crippen LogP contribution in [0.25, 0.3) is 0 Å². The monoisotopic (exact) mass is 156 g/mol. The van der Waals surface area contributed by atoms with Crippen molar-refractivity contribution in [3.63, 3.8) is 0 Å². The largest absolute Gasteiger partial charge is 0.325 e. The summed E-state index contributed by atoms with van der Waals surface area (Å²) in [5, 5.41) is 3.37. The molecule has 0 aromatic carbocycles. The average molecular weight is 156 g/mol. The van der Waals surface area contributed by atoms with Crippen molar-refractivity contribution in [2.75, 3.05) is 13.1 Å². The molecule has 2 heteroatoms. The minimum atomic E-state index is 0.101. The average Bonchev–Trinajstić information content (AvgIpc) is 2.55. The van der Waals surface area contributed by atoms with Crippen LogP contribution in [0.1, 0.15) is 33.1 Å². The van der Waals surface area contributed by atoms with E-state index in [4.69, 9.17) is 5.73 Å². The molecule has 1 rings (SSSR count). The molecule has 1 fully saturated rings. The summed E-state index contributed by atoms with van der Waals surface area (Å²) in [7, 11) is 0. The van der Waals surface area contributed by atoms with Gasteiger partial charge < -0.3 is 11.1 Å². The fourth-order valence-electron chi connectivity index (χ4n) is 1.97. The summed E-state index contributed by atoms with van der Waals surface area (Å²) in [6.07, 6.45) is 3.48. The van der Waals surface area contributed by atoms with Crippen molar-refractivity contribution < 1.29 is 0 Å². The van der Waals surface area contributed by atoms with Gasteiger partial charge in [0.25, 0.3) is 0 Å². The minimum absolute atomic E-state index is 0.101. The molecule has 0 radical (unpaired) electrons. The summed E-state index contributed by atoms with van der Waals surface area (Å²) in [5.74, 6) is 0.706. The molecule has 0 aliphatic carbocycles. The fourth-order valence-corrected chi connectivity index (χ4v) is 1.97. The highest BCUT2D eigenvalue weighted by atomic mass is 14.9. The Morgan fingerprint density at radius 2 is 2.09 bits per heavy atom. The Labute approximate surface area is 69.5 Å². The molecular weight excluding hydrogens is 136 g/mol. The van der Waals surface area contributed by atoms with Crippen LogP contribution in [-0.2, 0) is 0 Å². The molecule has 1 aliphatic heterocycles. The van der Waals surface area contributed by atoms with Gasteiger partial charge in [-0.3, -0.25) is 0 Å². The van der Waals surface area contributed by atoms with E-state index >= 15 is 0 Å². The van der Waals surface area contributed by atoms with E-state index in [0.717, 1.165) is 25.9 Å². The molecule has 66 valence electrons. The van der Waals surface area contributed by atoms with Crippen molar-refractivity contribution in [2.45, 2.75) is 38.6 Å². The molecule has 0 saturated carbocycles. The van der Waals surface area contributed by atoms with E-state index in [-0.39, 0.29) is 5.54 Å². The predicted molar refractivity (Wildman–Crippen MR) is 48.5 cm³/mol.